The van der Waals surface area contributed by atoms with Crippen molar-refractivity contribution in [1.82, 2.24) is 9.80 Å². The van der Waals surface area contributed by atoms with Crippen LogP contribution in [0.25, 0.3) is 0 Å². The molecular formula is C15H28N2O. The van der Waals surface area contributed by atoms with Crippen molar-refractivity contribution in [2.45, 2.75) is 47.6 Å². The van der Waals surface area contributed by atoms with Gasteiger partial charge in [-0.1, -0.05) is 27.7 Å². The van der Waals surface area contributed by atoms with Gasteiger partial charge in [-0.25, -0.2) is 0 Å². The van der Waals surface area contributed by atoms with E-state index in [2.05, 4.69) is 37.5 Å². The van der Waals surface area contributed by atoms with Crippen molar-refractivity contribution in [3.8, 4) is 0 Å². The highest BCUT2D eigenvalue weighted by Crippen LogP contribution is 2.52. The topological polar surface area (TPSA) is 23.6 Å². The van der Waals surface area contributed by atoms with E-state index in [9.17, 15) is 4.79 Å². The second kappa shape index (κ2) is 4.22. The number of fused-ring (bicyclic) bond motifs is 1. The molecule has 0 N–H and O–H groups in total. The summed E-state index contributed by atoms with van der Waals surface area (Å²) in [5.41, 5.74) is 0.531. The number of likely N-dealkylation sites (tertiary alicyclic amines) is 2. The molecule has 0 spiro atoms. The fourth-order valence-electron chi connectivity index (χ4n) is 3.60. The first-order valence-corrected chi connectivity index (χ1v) is 7.21. The van der Waals surface area contributed by atoms with Crippen LogP contribution in [0.3, 0.4) is 0 Å². The Balaban J connectivity index is 2.15. The molecule has 3 heteroatoms. The Morgan fingerprint density at radius 1 is 0.944 bits per heavy atom. The fraction of sp³-hybridized carbons (Fsp3) is 0.933. The van der Waals surface area contributed by atoms with E-state index >= 15 is 0 Å². The Morgan fingerprint density at radius 3 is 1.72 bits per heavy atom. The molecule has 2 atom stereocenters. The van der Waals surface area contributed by atoms with Gasteiger partial charge in [0, 0.05) is 49.0 Å². The Hall–Kier alpha value is -0.570. The zero-order valence-electron chi connectivity index (χ0n) is 12.8. The quantitative estimate of drug-likeness (QED) is 0.752. The molecule has 18 heavy (non-hydrogen) atoms. The van der Waals surface area contributed by atoms with Gasteiger partial charge in [-0.15, -0.1) is 0 Å². The van der Waals surface area contributed by atoms with Crippen molar-refractivity contribution < 1.29 is 4.79 Å². The van der Waals surface area contributed by atoms with E-state index < -0.39 is 0 Å². The van der Waals surface area contributed by atoms with Crippen LogP contribution in [0.1, 0.15) is 41.5 Å². The van der Waals surface area contributed by atoms with Crippen LogP contribution < -0.4 is 0 Å². The van der Waals surface area contributed by atoms with Gasteiger partial charge in [0.15, 0.2) is 0 Å². The van der Waals surface area contributed by atoms with Gasteiger partial charge in [-0.2, -0.15) is 0 Å². The van der Waals surface area contributed by atoms with Crippen LogP contribution in [0.4, 0.5) is 0 Å². The SMILES string of the molecule is CC(C)C(=O)N1C[C@]2(C)CN(C(C)C)C[C@@]2(C)C1. The molecule has 2 rings (SSSR count). The molecule has 104 valence electrons. The molecule has 0 aromatic heterocycles. The maximum absolute atomic E-state index is 12.2. The van der Waals surface area contributed by atoms with Crippen LogP contribution in [0.15, 0.2) is 0 Å². The number of rotatable bonds is 2. The molecule has 2 aliphatic heterocycles. The highest BCUT2D eigenvalue weighted by atomic mass is 16.2. The zero-order valence-corrected chi connectivity index (χ0v) is 12.8. The average molecular weight is 252 g/mol. The summed E-state index contributed by atoms with van der Waals surface area (Å²) in [7, 11) is 0. The Morgan fingerprint density at radius 2 is 1.39 bits per heavy atom. The summed E-state index contributed by atoms with van der Waals surface area (Å²) in [6.07, 6.45) is 0. The lowest BCUT2D eigenvalue weighted by Crippen LogP contribution is -2.39. The standard InChI is InChI=1S/C15H28N2O/c1-11(2)13(18)17-9-14(5)7-16(12(3)4)8-15(14,6)10-17/h11-12H,7-10H2,1-6H3/t14-,15-/m0/s1. The highest BCUT2D eigenvalue weighted by molar-refractivity contribution is 5.78. The largest absolute Gasteiger partial charge is 0.341 e. The van der Waals surface area contributed by atoms with E-state index in [1.807, 2.05) is 13.8 Å². The van der Waals surface area contributed by atoms with Crippen LogP contribution in [0, 0.1) is 16.7 Å². The highest BCUT2D eigenvalue weighted by Gasteiger charge is 2.58. The third kappa shape index (κ3) is 1.97. The number of nitrogens with zero attached hydrogens (tertiary/aromatic N) is 2. The monoisotopic (exact) mass is 252 g/mol. The second-order valence-corrected chi connectivity index (χ2v) is 7.47. The van der Waals surface area contributed by atoms with Gasteiger partial charge in [0.2, 0.25) is 5.91 Å². The first kappa shape index (κ1) is 13.9. The Bertz CT molecular complexity index is 332. The lowest BCUT2D eigenvalue weighted by atomic mass is 9.71. The number of amides is 1. The Labute approximate surface area is 112 Å². The van der Waals surface area contributed by atoms with Crippen molar-refractivity contribution in [2.24, 2.45) is 16.7 Å². The van der Waals surface area contributed by atoms with Gasteiger partial charge in [0.05, 0.1) is 0 Å². The van der Waals surface area contributed by atoms with Crippen LogP contribution in [0.2, 0.25) is 0 Å². The van der Waals surface area contributed by atoms with Gasteiger partial charge in [-0.3, -0.25) is 9.69 Å². The van der Waals surface area contributed by atoms with Crippen LogP contribution in [-0.4, -0.2) is 47.9 Å². The van der Waals surface area contributed by atoms with E-state index in [4.69, 9.17) is 0 Å². The molecule has 2 aliphatic rings. The summed E-state index contributed by atoms with van der Waals surface area (Å²) in [6.45, 7) is 17.4. The van der Waals surface area contributed by atoms with Gasteiger partial charge in [-0.05, 0) is 13.8 Å². The molecule has 0 saturated carbocycles. The zero-order chi connectivity index (χ0) is 13.7. The average Bonchev–Trinajstić information content (AvgIpc) is 2.62. The summed E-state index contributed by atoms with van der Waals surface area (Å²) >= 11 is 0. The predicted molar refractivity (Wildman–Crippen MR) is 74.3 cm³/mol. The molecule has 0 aliphatic carbocycles. The van der Waals surface area contributed by atoms with Crippen LogP contribution >= 0.6 is 0 Å². The fourth-order valence-corrected chi connectivity index (χ4v) is 3.60. The van der Waals surface area contributed by atoms with Crippen LogP contribution in [0.5, 0.6) is 0 Å². The minimum atomic E-state index is 0.122. The maximum atomic E-state index is 12.2. The summed E-state index contributed by atoms with van der Waals surface area (Å²) in [4.78, 5) is 16.9. The second-order valence-electron chi connectivity index (χ2n) is 7.47. The number of hydrogen-bond acceptors (Lipinski definition) is 2. The number of carbonyl (C=O) groups is 1. The lowest BCUT2D eigenvalue weighted by molar-refractivity contribution is -0.134. The van der Waals surface area contributed by atoms with Gasteiger partial charge >= 0.3 is 0 Å². The molecule has 0 radical (unpaired) electrons. The third-order valence-electron chi connectivity index (χ3n) is 5.18. The van der Waals surface area contributed by atoms with Gasteiger partial charge < -0.3 is 4.90 Å². The van der Waals surface area contributed by atoms with Gasteiger partial charge in [0.25, 0.3) is 0 Å². The number of carbonyl (C=O) groups excluding carboxylic acids is 1. The van der Waals surface area contributed by atoms with Gasteiger partial charge in [0.1, 0.15) is 0 Å². The smallest absolute Gasteiger partial charge is 0.225 e. The normalized spacial score (nSPS) is 36.8. The predicted octanol–water partition coefficient (Wildman–Crippen LogP) is 2.22. The molecule has 0 aromatic rings. The molecule has 0 unspecified atom stereocenters. The minimum absolute atomic E-state index is 0.122. The molecule has 2 fully saturated rings. The Kier molecular flexibility index (Phi) is 3.25. The summed E-state index contributed by atoms with van der Waals surface area (Å²) in [6, 6.07) is 0.610. The van der Waals surface area contributed by atoms with Crippen molar-refractivity contribution in [2.75, 3.05) is 26.2 Å². The van der Waals surface area contributed by atoms with E-state index in [1.54, 1.807) is 0 Å². The van der Waals surface area contributed by atoms with Crippen molar-refractivity contribution in [1.29, 1.82) is 0 Å². The molecule has 3 nitrogen and oxygen atoms in total. The van der Waals surface area contributed by atoms with E-state index in [0.717, 1.165) is 26.2 Å². The van der Waals surface area contributed by atoms with E-state index in [1.165, 1.54) is 0 Å². The molecular weight excluding hydrogens is 224 g/mol. The molecule has 0 bridgehead atoms. The van der Waals surface area contributed by atoms with Crippen molar-refractivity contribution >= 4 is 5.91 Å². The van der Waals surface area contributed by atoms with Crippen molar-refractivity contribution in [3.05, 3.63) is 0 Å². The van der Waals surface area contributed by atoms with Crippen molar-refractivity contribution in [3.63, 3.8) is 0 Å². The molecule has 2 saturated heterocycles. The van der Waals surface area contributed by atoms with E-state index in [0.29, 0.717) is 11.9 Å². The first-order valence-electron chi connectivity index (χ1n) is 7.21. The van der Waals surface area contributed by atoms with Crippen LogP contribution in [-0.2, 0) is 4.79 Å². The summed E-state index contributed by atoms with van der Waals surface area (Å²) in [5, 5.41) is 0. The maximum Gasteiger partial charge on any atom is 0.225 e. The summed E-state index contributed by atoms with van der Waals surface area (Å²) in [5.74, 6) is 0.445. The summed E-state index contributed by atoms with van der Waals surface area (Å²) < 4.78 is 0. The minimum Gasteiger partial charge on any atom is -0.341 e. The molecule has 1 amide bonds. The molecule has 2 heterocycles. The lowest BCUT2D eigenvalue weighted by Gasteiger charge is -2.30. The van der Waals surface area contributed by atoms with E-state index in [-0.39, 0.29) is 16.7 Å². The number of hydrogen-bond donors (Lipinski definition) is 0. The first-order chi connectivity index (χ1) is 8.18. The third-order valence-corrected chi connectivity index (χ3v) is 5.18. The molecule has 0 aromatic carbocycles.